The van der Waals surface area contributed by atoms with Crippen molar-refractivity contribution in [1.82, 2.24) is 9.88 Å². The van der Waals surface area contributed by atoms with Crippen LogP contribution in [0.3, 0.4) is 0 Å². The van der Waals surface area contributed by atoms with E-state index in [1.165, 1.54) is 24.1 Å². The molecule has 2 N–H and O–H groups in total. The summed E-state index contributed by atoms with van der Waals surface area (Å²) in [5, 5.41) is 11.3. The first-order chi connectivity index (χ1) is 17.8. The van der Waals surface area contributed by atoms with E-state index in [2.05, 4.69) is 4.98 Å². The van der Waals surface area contributed by atoms with Gasteiger partial charge >= 0.3 is 0 Å². The van der Waals surface area contributed by atoms with Gasteiger partial charge in [0, 0.05) is 35.5 Å². The molecule has 1 aliphatic rings. The maximum atomic E-state index is 13.9. The Balaban J connectivity index is 1.60. The minimum Gasteiger partial charge on any atom is -0.506 e. The van der Waals surface area contributed by atoms with Crippen LogP contribution in [-0.4, -0.2) is 47.2 Å². The van der Waals surface area contributed by atoms with E-state index in [4.69, 9.17) is 9.47 Å². The van der Waals surface area contributed by atoms with Gasteiger partial charge in [-0.25, -0.2) is 8.78 Å². The molecule has 9 heteroatoms. The fourth-order valence-corrected chi connectivity index (χ4v) is 4.51. The SMILES string of the molecule is CCCCc1[nH]c(=O)c(C(=O)N2CC(OCc3cccc(F)c3F)C2)c(O)c1-c1c(C)cccc1OC. The number of amides is 1. The lowest BCUT2D eigenvalue weighted by Crippen LogP contribution is -2.55. The smallest absolute Gasteiger partial charge is 0.264 e. The molecule has 0 spiro atoms. The number of methoxy groups -OCH3 is 1. The number of aromatic hydroxyl groups is 1. The highest BCUT2D eigenvalue weighted by atomic mass is 19.2. The molecule has 1 amide bonds. The van der Waals surface area contributed by atoms with Gasteiger partial charge in [-0.1, -0.05) is 37.6 Å². The van der Waals surface area contributed by atoms with Gasteiger partial charge < -0.3 is 24.5 Å². The minimum absolute atomic E-state index is 0.0818. The summed E-state index contributed by atoms with van der Waals surface area (Å²) in [7, 11) is 1.52. The number of unbranched alkanes of at least 4 members (excludes halogenated alkanes) is 1. The Labute approximate surface area is 213 Å². The zero-order chi connectivity index (χ0) is 26.7. The summed E-state index contributed by atoms with van der Waals surface area (Å²) in [5.41, 5.74) is 1.40. The highest BCUT2D eigenvalue weighted by Crippen LogP contribution is 2.41. The normalized spacial score (nSPS) is 13.5. The van der Waals surface area contributed by atoms with E-state index in [1.807, 2.05) is 26.0 Å². The third kappa shape index (κ3) is 5.22. The van der Waals surface area contributed by atoms with Crippen molar-refractivity contribution in [3.63, 3.8) is 0 Å². The van der Waals surface area contributed by atoms with Gasteiger partial charge in [0.25, 0.3) is 11.5 Å². The predicted molar refractivity (Wildman–Crippen MR) is 135 cm³/mol. The number of rotatable bonds is 9. The third-order valence-electron chi connectivity index (χ3n) is 6.61. The van der Waals surface area contributed by atoms with Crippen molar-refractivity contribution in [2.45, 2.75) is 45.8 Å². The number of hydrogen-bond donors (Lipinski definition) is 2. The van der Waals surface area contributed by atoms with E-state index in [0.29, 0.717) is 29.0 Å². The lowest BCUT2D eigenvalue weighted by molar-refractivity contribution is -0.0512. The summed E-state index contributed by atoms with van der Waals surface area (Å²) in [5.74, 6) is -2.43. The number of hydrogen-bond acceptors (Lipinski definition) is 5. The zero-order valence-electron chi connectivity index (χ0n) is 21.1. The Hall–Kier alpha value is -3.72. The van der Waals surface area contributed by atoms with Crippen LogP contribution in [0.25, 0.3) is 11.1 Å². The number of ether oxygens (including phenoxy) is 2. The predicted octanol–water partition coefficient (Wildman–Crippen LogP) is 4.73. The van der Waals surface area contributed by atoms with Gasteiger partial charge in [-0.3, -0.25) is 9.59 Å². The van der Waals surface area contributed by atoms with Crippen LogP contribution >= 0.6 is 0 Å². The van der Waals surface area contributed by atoms with Gasteiger partial charge in [0.1, 0.15) is 17.1 Å². The molecule has 196 valence electrons. The molecule has 0 unspecified atom stereocenters. The molecular formula is C28H30F2N2O5. The number of halogens is 2. The van der Waals surface area contributed by atoms with Gasteiger partial charge in [-0.15, -0.1) is 0 Å². The van der Waals surface area contributed by atoms with Crippen molar-refractivity contribution in [2.75, 3.05) is 20.2 Å². The fourth-order valence-electron chi connectivity index (χ4n) is 4.51. The molecule has 1 fully saturated rings. The lowest BCUT2D eigenvalue weighted by Gasteiger charge is -2.39. The molecule has 3 aromatic rings. The number of likely N-dealkylation sites (tertiary alicyclic amines) is 1. The van der Waals surface area contributed by atoms with E-state index in [-0.39, 0.29) is 30.8 Å². The van der Waals surface area contributed by atoms with Crippen LogP contribution in [0.15, 0.2) is 41.2 Å². The first-order valence-corrected chi connectivity index (χ1v) is 12.2. The van der Waals surface area contributed by atoms with Gasteiger partial charge in [-0.05, 0) is 37.5 Å². The molecule has 4 rings (SSSR count). The number of carbonyl (C=O) groups excluding carboxylic acids is 1. The second-order valence-electron chi connectivity index (χ2n) is 9.14. The maximum Gasteiger partial charge on any atom is 0.264 e. The Morgan fingerprint density at radius 1 is 1.16 bits per heavy atom. The van der Waals surface area contributed by atoms with Crippen LogP contribution in [0.2, 0.25) is 0 Å². The first-order valence-electron chi connectivity index (χ1n) is 12.2. The first kappa shape index (κ1) is 26.3. The van der Waals surface area contributed by atoms with Crippen LogP contribution in [0.4, 0.5) is 8.78 Å². The molecule has 1 saturated heterocycles. The van der Waals surface area contributed by atoms with Crippen molar-refractivity contribution in [3.05, 3.63) is 80.8 Å². The Bertz CT molecular complexity index is 1370. The number of aryl methyl sites for hydroxylation is 2. The average molecular weight is 513 g/mol. The van der Waals surface area contributed by atoms with Gasteiger partial charge in [-0.2, -0.15) is 0 Å². The molecular weight excluding hydrogens is 482 g/mol. The van der Waals surface area contributed by atoms with E-state index in [1.54, 1.807) is 6.07 Å². The highest BCUT2D eigenvalue weighted by Gasteiger charge is 2.36. The molecule has 0 atom stereocenters. The van der Waals surface area contributed by atoms with Gasteiger partial charge in [0.15, 0.2) is 11.6 Å². The molecule has 0 bridgehead atoms. The monoisotopic (exact) mass is 512 g/mol. The largest absolute Gasteiger partial charge is 0.506 e. The van der Waals surface area contributed by atoms with Crippen LogP contribution in [-0.2, 0) is 17.8 Å². The molecule has 2 heterocycles. The third-order valence-corrected chi connectivity index (χ3v) is 6.61. The van der Waals surface area contributed by atoms with Crippen molar-refractivity contribution >= 4 is 5.91 Å². The van der Waals surface area contributed by atoms with Crippen molar-refractivity contribution in [3.8, 4) is 22.6 Å². The molecule has 37 heavy (non-hydrogen) atoms. The number of pyridine rings is 1. The number of benzene rings is 2. The topological polar surface area (TPSA) is 91.9 Å². The molecule has 1 aliphatic heterocycles. The summed E-state index contributed by atoms with van der Waals surface area (Å²) in [6.45, 7) is 4.04. The van der Waals surface area contributed by atoms with Crippen LogP contribution in [0.5, 0.6) is 11.5 Å². The van der Waals surface area contributed by atoms with Crippen LogP contribution in [0, 0.1) is 18.6 Å². The zero-order valence-corrected chi connectivity index (χ0v) is 21.1. The lowest BCUT2D eigenvalue weighted by atomic mass is 9.93. The summed E-state index contributed by atoms with van der Waals surface area (Å²) in [6.07, 6.45) is 1.76. The number of carbonyl (C=O) groups is 1. The second-order valence-corrected chi connectivity index (χ2v) is 9.14. The Morgan fingerprint density at radius 3 is 2.59 bits per heavy atom. The molecule has 2 aromatic carbocycles. The van der Waals surface area contributed by atoms with E-state index in [9.17, 15) is 23.5 Å². The van der Waals surface area contributed by atoms with E-state index < -0.39 is 35.0 Å². The fraction of sp³-hybridized carbons (Fsp3) is 0.357. The minimum atomic E-state index is -0.964. The molecule has 7 nitrogen and oxygen atoms in total. The molecule has 1 aromatic heterocycles. The van der Waals surface area contributed by atoms with Crippen molar-refractivity contribution < 1.29 is 28.2 Å². The van der Waals surface area contributed by atoms with Gasteiger partial charge in [0.05, 0.1) is 19.8 Å². The number of H-pyrrole nitrogens is 1. The number of aromatic amines is 1. The number of aromatic nitrogens is 1. The summed E-state index contributed by atoms with van der Waals surface area (Å²) >= 11 is 0. The molecule has 0 radical (unpaired) electrons. The summed E-state index contributed by atoms with van der Waals surface area (Å²) in [6, 6.07) is 9.31. The van der Waals surface area contributed by atoms with Gasteiger partial charge in [0.2, 0.25) is 0 Å². The van der Waals surface area contributed by atoms with E-state index >= 15 is 0 Å². The van der Waals surface area contributed by atoms with Crippen molar-refractivity contribution in [2.24, 2.45) is 0 Å². The Morgan fingerprint density at radius 2 is 1.89 bits per heavy atom. The summed E-state index contributed by atoms with van der Waals surface area (Å²) < 4.78 is 38.4. The second kappa shape index (κ2) is 11.1. The van der Waals surface area contributed by atoms with E-state index in [0.717, 1.165) is 24.5 Å². The molecule has 0 aliphatic carbocycles. The van der Waals surface area contributed by atoms with Crippen LogP contribution < -0.4 is 10.3 Å². The number of nitrogens with zero attached hydrogens (tertiary/aromatic N) is 1. The highest BCUT2D eigenvalue weighted by molar-refractivity contribution is 6.00. The quantitative estimate of drug-likeness (QED) is 0.433. The van der Waals surface area contributed by atoms with Crippen molar-refractivity contribution in [1.29, 1.82) is 0 Å². The summed E-state index contributed by atoms with van der Waals surface area (Å²) in [4.78, 5) is 30.5. The van der Waals surface area contributed by atoms with Crippen LogP contribution in [0.1, 0.15) is 46.9 Å². The molecule has 0 saturated carbocycles. The standard InChI is InChI=1S/C28H30F2N2O5/c1-4-5-11-20-23(22-16(2)8-6-12-21(22)36-3)26(33)24(27(34)31-20)28(35)32-13-18(14-32)37-15-17-9-7-10-19(29)25(17)30/h6-10,12,18H,4-5,11,13-15H2,1-3H3,(H2,31,33,34). The Kier molecular flexibility index (Phi) is 7.92. The number of nitrogens with one attached hydrogen (secondary N) is 1. The maximum absolute atomic E-state index is 13.9. The average Bonchev–Trinajstić information content (AvgIpc) is 2.84.